The molecule has 42 valence electrons. The Morgan fingerprint density at radius 3 is 2.50 bits per heavy atom. The lowest BCUT2D eigenvalue weighted by Gasteiger charge is -2.02. The standard InChI is InChI=1S/C8H10/c1-7-5-3-4-6-8(7)2/h3,5H2,1-2H3. The quantitative estimate of drug-likeness (QED) is 0.415. The summed E-state index contributed by atoms with van der Waals surface area (Å²) in [6.45, 7) is 4.24. The lowest BCUT2D eigenvalue weighted by atomic mass is 10.0. The van der Waals surface area contributed by atoms with Crippen molar-refractivity contribution in [3.8, 4) is 11.8 Å². The minimum absolute atomic E-state index is 1.06. The zero-order valence-corrected chi connectivity index (χ0v) is 5.41. The lowest BCUT2D eigenvalue weighted by molar-refractivity contribution is 0.973. The molecule has 0 atom stereocenters. The van der Waals surface area contributed by atoms with Gasteiger partial charge in [0.1, 0.15) is 0 Å². The van der Waals surface area contributed by atoms with Crippen LogP contribution in [0.3, 0.4) is 0 Å². The van der Waals surface area contributed by atoms with E-state index in [9.17, 15) is 0 Å². The zero-order chi connectivity index (χ0) is 5.98. The van der Waals surface area contributed by atoms with E-state index in [2.05, 4.69) is 25.7 Å². The molecule has 0 heterocycles. The Balaban J connectivity index is 2.85. The van der Waals surface area contributed by atoms with Crippen molar-refractivity contribution in [3.05, 3.63) is 11.1 Å². The number of hydrogen-bond donors (Lipinski definition) is 0. The Labute approximate surface area is 50.6 Å². The van der Waals surface area contributed by atoms with E-state index in [-0.39, 0.29) is 0 Å². The average molecular weight is 106 g/mol. The van der Waals surface area contributed by atoms with Gasteiger partial charge in [-0.05, 0) is 25.8 Å². The first kappa shape index (κ1) is 5.44. The van der Waals surface area contributed by atoms with Crippen molar-refractivity contribution in [2.24, 2.45) is 0 Å². The molecule has 0 aliphatic heterocycles. The normalized spacial score (nSPS) is 17.8. The van der Waals surface area contributed by atoms with Crippen LogP contribution >= 0.6 is 0 Å². The first-order valence-electron chi connectivity index (χ1n) is 2.96. The Kier molecular flexibility index (Phi) is 1.39. The van der Waals surface area contributed by atoms with Crippen LogP contribution in [0.2, 0.25) is 0 Å². The van der Waals surface area contributed by atoms with E-state index >= 15 is 0 Å². The van der Waals surface area contributed by atoms with E-state index < -0.39 is 0 Å². The van der Waals surface area contributed by atoms with Crippen LogP contribution in [0.5, 0.6) is 0 Å². The van der Waals surface area contributed by atoms with Gasteiger partial charge in [0, 0.05) is 6.42 Å². The van der Waals surface area contributed by atoms with Crippen LogP contribution in [0.1, 0.15) is 26.7 Å². The highest BCUT2D eigenvalue weighted by molar-refractivity contribution is 5.34. The van der Waals surface area contributed by atoms with Gasteiger partial charge < -0.3 is 0 Å². The molecule has 1 aliphatic carbocycles. The SMILES string of the molecule is CC1=C(C)CCC#C1. The molecule has 0 spiro atoms. The third-order valence-electron chi connectivity index (χ3n) is 1.54. The minimum Gasteiger partial charge on any atom is -0.0979 e. The third-order valence-corrected chi connectivity index (χ3v) is 1.54. The molecule has 0 unspecified atom stereocenters. The Morgan fingerprint density at radius 1 is 1.38 bits per heavy atom. The van der Waals surface area contributed by atoms with Gasteiger partial charge in [0.15, 0.2) is 0 Å². The summed E-state index contributed by atoms with van der Waals surface area (Å²) in [6, 6.07) is 0. The van der Waals surface area contributed by atoms with E-state index in [1.165, 1.54) is 17.6 Å². The fraction of sp³-hybridized carbons (Fsp3) is 0.500. The first-order chi connectivity index (χ1) is 3.80. The summed E-state index contributed by atoms with van der Waals surface area (Å²) in [6.07, 6.45) is 2.24. The molecule has 8 heavy (non-hydrogen) atoms. The highest BCUT2D eigenvalue weighted by Gasteiger charge is 1.95. The van der Waals surface area contributed by atoms with Crippen LogP contribution in [-0.4, -0.2) is 0 Å². The molecule has 0 heteroatoms. The second-order valence-electron chi connectivity index (χ2n) is 2.21. The van der Waals surface area contributed by atoms with Crippen molar-refractivity contribution in [1.29, 1.82) is 0 Å². The maximum absolute atomic E-state index is 3.06. The molecular formula is C8H10. The predicted molar refractivity (Wildman–Crippen MR) is 35.4 cm³/mol. The zero-order valence-electron chi connectivity index (χ0n) is 5.41. The van der Waals surface area contributed by atoms with Gasteiger partial charge >= 0.3 is 0 Å². The van der Waals surface area contributed by atoms with Crippen LogP contribution in [0.25, 0.3) is 0 Å². The fourth-order valence-electron chi connectivity index (χ4n) is 0.739. The smallest absolute Gasteiger partial charge is 0.0130 e. The van der Waals surface area contributed by atoms with Gasteiger partial charge in [-0.25, -0.2) is 0 Å². The molecular weight excluding hydrogens is 96.1 g/mol. The number of rotatable bonds is 0. The average Bonchev–Trinajstić information content (AvgIpc) is 1.77. The van der Waals surface area contributed by atoms with Gasteiger partial charge in [-0.1, -0.05) is 17.4 Å². The van der Waals surface area contributed by atoms with Crippen molar-refractivity contribution < 1.29 is 0 Å². The summed E-state index contributed by atoms with van der Waals surface area (Å²) < 4.78 is 0. The lowest BCUT2D eigenvalue weighted by Crippen LogP contribution is -1.86. The van der Waals surface area contributed by atoms with Crippen molar-refractivity contribution >= 4 is 0 Å². The van der Waals surface area contributed by atoms with Gasteiger partial charge in [-0.15, -0.1) is 0 Å². The fourth-order valence-corrected chi connectivity index (χ4v) is 0.739. The monoisotopic (exact) mass is 106 g/mol. The molecule has 0 saturated carbocycles. The van der Waals surface area contributed by atoms with Gasteiger partial charge in [-0.2, -0.15) is 0 Å². The molecule has 1 rings (SSSR count). The maximum atomic E-state index is 3.06. The Morgan fingerprint density at radius 2 is 2.12 bits per heavy atom. The Bertz CT molecular complexity index is 174. The van der Waals surface area contributed by atoms with E-state index in [1.807, 2.05) is 0 Å². The second-order valence-corrected chi connectivity index (χ2v) is 2.21. The molecule has 0 amide bonds. The molecule has 0 radical (unpaired) electrons. The van der Waals surface area contributed by atoms with Crippen molar-refractivity contribution in [2.45, 2.75) is 26.7 Å². The molecule has 0 bridgehead atoms. The molecule has 1 aliphatic rings. The van der Waals surface area contributed by atoms with E-state index in [4.69, 9.17) is 0 Å². The van der Waals surface area contributed by atoms with Crippen molar-refractivity contribution in [3.63, 3.8) is 0 Å². The summed E-state index contributed by atoms with van der Waals surface area (Å²) >= 11 is 0. The predicted octanol–water partition coefficient (Wildman–Crippen LogP) is 2.12. The maximum Gasteiger partial charge on any atom is 0.0130 e. The van der Waals surface area contributed by atoms with Crippen LogP contribution < -0.4 is 0 Å². The molecule has 0 aromatic carbocycles. The highest BCUT2D eigenvalue weighted by atomic mass is 14.0. The summed E-state index contributed by atoms with van der Waals surface area (Å²) in [7, 11) is 0. The van der Waals surface area contributed by atoms with Gasteiger partial charge in [0.25, 0.3) is 0 Å². The summed E-state index contributed by atoms with van der Waals surface area (Å²) in [5.41, 5.74) is 2.74. The van der Waals surface area contributed by atoms with Crippen LogP contribution in [0, 0.1) is 11.8 Å². The second kappa shape index (κ2) is 2.05. The molecule has 0 aromatic heterocycles. The first-order valence-corrected chi connectivity index (χ1v) is 2.96. The van der Waals surface area contributed by atoms with Gasteiger partial charge in [0.2, 0.25) is 0 Å². The van der Waals surface area contributed by atoms with Crippen LogP contribution in [0.4, 0.5) is 0 Å². The van der Waals surface area contributed by atoms with Crippen molar-refractivity contribution in [1.82, 2.24) is 0 Å². The topological polar surface area (TPSA) is 0 Å². The molecule has 0 N–H and O–H groups in total. The number of allylic oxidation sites excluding steroid dienone is 2. The molecule has 0 nitrogen and oxygen atoms in total. The molecule has 0 saturated heterocycles. The van der Waals surface area contributed by atoms with Gasteiger partial charge in [0.05, 0.1) is 0 Å². The Hall–Kier alpha value is -0.700. The summed E-state index contributed by atoms with van der Waals surface area (Å²) in [5, 5.41) is 0. The van der Waals surface area contributed by atoms with Crippen LogP contribution in [0.15, 0.2) is 11.1 Å². The van der Waals surface area contributed by atoms with Gasteiger partial charge in [-0.3, -0.25) is 0 Å². The number of hydrogen-bond acceptors (Lipinski definition) is 0. The van der Waals surface area contributed by atoms with E-state index in [0.29, 0.717) is 0 Å². The molecule has 0 fully saturated rings. The summed E-state index contributed by atoms with van der Waals surface area (Å²) in [5.74, 6) is 6.12. The van der Waals surface area contributed by atoms with E-state index in [0.717, 1.165) is 6.42 Å². The van der Waals surface area contributed by atoms with E-state index in [1.54, 1.807) is 0 Å². The summed E-state index contributed by atoms with van der Waals surface area (Å²) in [4.78, 5) is 0. The van der Waals surface area contributed by atoms with Crippen LogP contribution in [-0.2, 0) is 0 Å². The molecule has 0 aromatic rings. The minimum atomic E-state index is 1.06. The highest BCUT2D eigenvalue weighted by Crippen LogP contribution is 2.12. The van der Waals surface area contributed by atoms with Crippen molar-refractivity contribution in [2.75, 3.05) is 0 Å². The largest absolute Gasteiger partial charge is 0.0979 e. The third kappa shape index (κ3) is 0.924.